The van der Waals surface area contributed by atoms with Crippen molar-refractivity contribution in [1.82, 2.24) is 0 Å². The second kappa shape index (κ2) is 6.39. The molecule has 2 nitrogen and oxygen atoms in total. The molecule has 0 heterocycles. The SMILES string of the molecule is Cc1ccc(C=NN=Cc2cc(F)c(Cl)c(F)c2)cc1. The van der Waals surface area contributed by atoms with Crippen molar-refractivity contribution in [1.29, 1.82) is 0 Å². The van der Waals surface area contributed by atoms with Crippen molar-refractivity contribution in [2.24, 2.45) is 10.2 Å². The summed E-state index contributed by atoms with van der Waals surface area (Å²) in [6.07, 6.45) is 2.81. The minimum Gasteiger partial charge on any atom is -0.205 e. The van der Waals surface area contributed by atoms with Crippen LogP contribution in [0.1, 0.15) is 16.7 Å². The van der Waals surface area contributed by atoms with Crippen LogP contribution in [0.5, 0.6) is 0 Å². The fourth-order valence-corrected chi connectivity index (χ4v) is 1.61. The highest BCUT2D eigenvalue weighted by atomic mass is 35.5. The van der Waals surface area contributed by atoms with Crippen LogP contribution in [0.4, 0.5) is 8.78 Å². The van der Waals surface area contributed by atoms with Crippen LogP contribution < -0.4 is 0 Å². The Bertz CT molecular complexity index is 641. The lowest BCUT2D eigenvalue weighted by Crippen LogP contribution is -1.89. The van der Waals surface area contributed by atoms with E-state index in [4.69, 9.17) is 11.6 Å². The Morgan fingerprint density at radius 1 is 0.900 bits per heavy atom. The molecule has 0 atom stereocenters. The number of benzene rings is 2. The first-order chi connectivity index (χ1) is 9.56. The van der Waals surface area contributed by atoms with Gasteiger partial charge in [-0.3, -0.25) is 0 Å². The normalized spacial score (nSPS) is 11.6. The summed E-state index contributed by atoms with van der Waals surface area (Å²) < 4.78 is 26.4. The van der Waals surface area contributed by atoms with Gasteiger partial charge in [0, 0.05) is 5.56 Å². The van der Waals surface area contributed by atoms with Gasteiger partial charge in [0.2, 0.25) is 0 Å². The van der Waals surface area contributed by atoms with E-state index in [2.05, 4.69) is 10.2 Å². The van der Waals surface area contributed by atoms with E-state index in [1.165, 1.54) is 6.21 Å². The van der Waals surface area contributed by atoms with Crippen LogP contribution in [0.3, 0.4) is 0 Å². The average molecular weight is 293 g/mol. The van der Waals surface area contributed by atoms with Gasteiger partial charge in [0.25, 0.3) is 0 Å². The molecule has 0 spiro atoms. The van der Waals surface area contributed by atoms with Crippen molar-refractivity contribution >= 4 is 24.0 Å². The van der Waals surface area contributed by atoms with Gasteiger partial charge in [0.1, 0.15) is 16.7 Å². The molecule has 0 aliphatic rings. The lowest BCUT2D eigenvalue weighted by molar-refractivity contribution is 0.584. The molecule has 0 unspecified atom stereocenters. The monoisotopic (exact) mass is 292 g/mol. The number of aryl methyl sites for hydroxylation is 1. The minimum atomic E-state index is -0.823. The largest absolute Gasteiger partial charge is 0.205 e. The summed E-state index contributed by atoms with van der Waals surface area (Å²) in [5.74, 6) is -1.65. The van der Waals surface area contributed by atoms with Gasteiger partial charge in [-0.15, -0.1) is 0 Å². The Morgan fingerprint density at radius 2 is 1.40 bits per heavy atom. The van der Waals surface area contributed by atoms with Gasteiger partial charge >= 0.3 is 0 Å². The minimum absolute atomic E-state index is 0.255. The first kappa shape index (κ1) is 14.3. The highest BCUT2D eigenvalue weighted by Gasteiger charge is 2.07. The van der Waals surface area contributed by atoms with Crippen molar-refractivity contribution in [3.05, 3.63) is 69.7 Å². The Morgan fingerprint density at radius 3 is 1.95 bits per heavy atom. The molecule has 2 aromatic carbocycles. The van der Waals surface area contributed by atoms with E-state index < -0.39 is 16.7 Å². The summed E-state index contributed by atoms with van der Waals surface area (Å²) in [4.78, 5) is 0. The maximum atomic E-state index is 13.2. The van der Waals surface area contributed by atoms with Crippen molar-refractivity contribution < 1.29 is 8.78 Å². The summed E-state index contributed by atoms with van der Waals surface area (Å²) in [6, 6.07) is 9.89. The Hall–Kier alpha value is -2.07. The van der Waals surface area contributed by atoms with Crippen LogP contribution in [0.25, 0.3) is 0 Å². The molecule has 0 bridgehead atoms. The van der Waals surface area contributed by atoms with Gasteiger partial charge in [-0.25, -0.2) is 8.78 Å². The Balaban J connectivity index is 2.08. The van der Waals surface area contributed by atoms with Gasteiger partial charge in [-0.05, 0) is 24.6 Å². The lowest BCUT2D eigenvalue weighted by atomic mass is 10.2. The van der Waals surface area contributed by atoms with Crippen molar-refractivity contribution in [2.75, 3.05) is 0 Å². The number of halogens is 3. The maximum absolute atomic E-state index is 13.2. The summed E-state index contributed by atoms with van der Waals surface area (Å²) in [5.41, 5.74) is 2.30. The zero-order valence-corrected chi connectivity index (χ0v) is 11.4. The first-order valence-electron chi connectivity index (χ1n) is 5.84. The number of hydrogen-bond donors (Lipinski definition) is 0. The molecule has 0 N–H and O–H groups in total. The zero-order chi connectivity index (χ0) is 14.5. The van der Waals surface area contributed by atoms with Crippen LogP contribution in [0.2, 0.25) is 5.02 Å². The number of hydrogen-bond acceptors (Lipinski definition) is 2. The molecule has 20 heavy (non-hydrogen) atoms. The van der Waals surface area contributed by atoms with E-state index >= 15 is 0 Å². The summed E-state index contributed by atoms with van der Waals surface area (Å²) in [7, 11) is 0. The third-order valence-electron chi connectivity index (χ3n) is 2.56. The van der Waals surface area contributed by atoms with E-state index in [9.17, 15) is 8.78 Å². The molecule has 0 radical (unpaired) electrons. The van der Waals surface area contributed by atoms with E-state index in [-0.39, 0.29) is 5.56 Å². The molecule has 102 valence electrons. The third kappa shape index (κ3) is 3.71. The van der Waals surface area contributed by atoms with E-state index in [1.54, 1.807) is 6.21 Å². The second-order valence-corrected chi connectivity index (χ2v) is 4.58. The van der Waals surface area contributed by atoms with Gasteiger partial charge in [-0.1, -0.05) is 41.4 Å². The Kier molecular flexibility index (Phi) is 4.58. The predicted molar refractivity (Wildman–Crippen MR) is 77.7 cm³/mol. The quantitative estimate of drug-likeness (QED) is 0.456. The topological polar surface area (TPSA) is 24.7 Å². The Labute approximate surface area is 120 Å². The van der Waals surface area contributed by atoms with Crippen LogP contribution >= 0.6 is 11.6 Å². The predicted octanol–water partition coefficient (Wildman–Crippen LogP) is 4.38. The molecule has 2 rings (SSSR count). The molecular formula is C15H11ClF2N2. The molecule has 0 aromatic heterocycles. The molecule has 0 saturated heterocycles. The standard InChI is InChI=1S/C15H11ClF2N2/c1-10-2-4-11(5-3-10)8-19-20-9-12-6-13(17)15(16)14(18)7-12/h2-9H,1H3. The highest BCUT2D eigenvalue weighted by Crippen LogP contribution is 2.19. The van der Waals surface area contributed by atoms with Crippen LogP contribution in [-0.2, 0) is 0 Å². The summed E-state index contributed by atoms with van der Waals surface area (Å²) in [6.45, 7) is 1.99. The fourth-order valence-electron chi connectivity index (χ4n) is 1.50. The van der Waals surface area contributed by atoms with Gasteiger partial charge in [-0.2, -0.15) is 10.2 Å². The molecule has 0 fully saturated rings. The van der Waals surface area contributed by atoms with E-state index in [1.807, 2.05) is 31.2 Å². The molecule has 0 saturated carbocycles. The van der Waals surface area contributed by atoms with Crippen molar-refractivity contribution in [3.63, 3.8) is 0 Å². The lowest BCUT2D eigenvalue weighted by Gasteiger charge is -1.97. The van der Waals surface area contributed by atoms with Crippen LogP contribution in [0, 0.1) is 18.6 Å². The first-order valence-corrected chi connectivity index (χ1v) is 6.21. The van der Waals surface area contributed by atoms with E-state index in [0.717, 1.165) is 23.3 Å². The average Bonchev–Trinajstić information content (AvgIpc) is 2.43. The highest BCUT2D eigenvalue weighted by molar-refractivity contribution is 6.30. The number of rotatable bonds is 3. The van der Waals surface area contributed by atoms with Crippen molar-refractivity contribution in [3.8, 4) is 0 Å². The van der Waals surface area contributed by atoms with Gasteiger partial charge in [0.05, 0.1) is 12.4 Å². The van der Waals surface area contributed by atoms with Crippen LogP contribution in [-0.4, -0.2) is 12.4 Å². The smallest absolute Gasteiger partial charge is 0.145 e. The maximum Gasteiger partial charge on any atom is 0.145 e. The molecule has 0 aliphatic heterocycles. The molecular weight excluding hydrogens is 282 g/mol. The number of nitrogens with zero attached hydrogens (tertiary/aromatic N) is 2. The fraction of sp³-hybridized carbons (Fsp3) is 0.0667. The summed E-state index contributed by atoms with van der Waals surface area (Å²) >= 11 is 5.38. The summed E-state index contributed by atoms with van der Waals surface area (Å²) in [5, 5.41) is 7.03. The van der Waals surface area contributed by atoms with Crippen molar-refractivity contribution in [2.45, 2.75) is 6.92 Å². The third-order valence-corrected chi connectivity index (χ3v) is 2.92. The van der Waals surface area contributed by atoms with E-state index in [0.29, 0.717) is 0 Å². The van der Waals surface area contributed by atoms with Crippen LogP contribution in [0.15, 0.2) is 46.6 Å². The molecule has 0 aliphatic carbocycles. The zero-order valence-electron chi connectivity index (χ0n) is 10.6. The van der Waals surface area contributed by atoms with Gasteiger partial charge in [0.15, 0.2) is 0 Å². The molecule has 5 heteroatoms. The van der Waals surface area contributed by atoms with Gasteiger partial charge < -0.3 is 0 Å². The molecule has 0 amide bonds. The molecule has 2 aromatic rings. The second-order valence-electron chi connectivity index (χ2n) is 4.20.